The fourth-order valence-corrected chi connectivity index (χ4v) is 6.86. The maximum absolute atomic E-state index is 13.0. The number of hydrogen-bond donors (Lipinski definition) is 3. The first-order valence-corrected chi connectivity index (χ1v) is 15.7. The Labute approximate surface area is 243 Å². The van der Waals surface area contributed by atoms with Crippen molar-refractivity contribution in [2.45, 2.75) is 16.7 Å². The Hall–Kier alpha value is -4.38. The first kappa shape index (κ1) is 28.2. The molecule has 1 amide bonds. The Bertz CT molecular complexity index is 1990. The van der Waals surface area contributed by atoms with E-state index in [1.807, 2.05) is 43.3 Å². The summed E-state index contributed by atoms with van der Waals surface area (Å²) < 4.78 is 57.2. The highest BCUT2D eigenvalue weighted by Crippen LogP contribution is 2.28. The van der Waals surface area contributed by atoms with E-state index in [0.29, 0.717) is 17.1 Å². The van der Waals surface area contributed by atoms with Crippen LogP contribution in [-0.4, -0.2) is 22.7 Å². The third-order valence-electron chi connectivity index (χ3n) is 6.21. The average molecular weight is 606 g/mol. The summed E-state index contributed by atoms with van der Waals surface area (Å²) in [6, 6.07) is 29.1. The molecule has 0 atom stereocenters. The number of carbonyl (C=O) groups excluding carboxylic acids is 1. The second-order valence-corrected chi connectivity index (χ2v) is 13.0. The molecule has 0 aliphatic carbocycles. The van der Waals surface area contributed by atoms with Gasteiger partial charge in [-0.05, 0) is 78.5 Å². The Morgan fingerprint density at radius 2 is 1.39 bits per heavy atom. The van der Waals surface area contributed by atoms with Gasteiger partial charge in [-0.2, -0.15) is 0 Å². The summed E-state index contributed by atoms with van der Waals surface area (Å²) in [6.45, 7) is 1.83. The van der Waals surface area contributed by atoms with Crippen LogP contribution in [0, 0.1) is 6.92 Å². The Balaban J connectivity index is 1.32. The molecule has 41 heavy (non-hydrogen) atoms. The summed E-state index contributed by atoms with van der Waals surface area (Å²) in [7, 11) is -8.00. The van der Waals surface area contributed by atoms with Crippen LogP contribution in [0.4, 0.5) is 17.1 Å². The van der Waals surface area contributed by atoms with E-state index < -0.39 is 26.0 Å². The van der Waals surface area contributed by atoms with Gasteiger partial charge in [0, 0.05) is 22.3 Å². The molecular formula is C30H24ClN3O5S2. The van der Waals surface area contributed by atoms with Crippen molar-refractivity contribution in [3.8, 4) is 0 Å². The van der Waals surface area contributed by atoms with Crippen LogP contribution in [0.5, 0.6) is 0 Å². The van der Waals surface area contributed by atoms with Gasteiger partial charge in [-0.25, -0.2) is 16.8 Å². The fourth-order valence-electron chi connectivity index (χ4n) is 4.21. The Morgan fingerprint density at radius 3 is 2.15 bits per heavy atom. The summed E-state index contributed by atoms with van der Waals surface area (Å²) in [5.74, 6) is -0.599. The Morgan fingerprint density at radius 1 is 0.683 bits per heavy atom. The van der Waals surface area contributed by atoms with Gasteiger partial charge in [-0.15, -0.1) is 0 Å². The lowest BCUT2D eigenvalue weighted by molar-refractivity contribution is 0.102. The van der Waals surface area contributed by atoms with Crippen molar-refractivity contribution in [1.29, 1.82) is 0 Å². The van der Waals surface area contributed by atoms with Crippen LogP contribution < -0.4 is 14.8 Å². The first-order valence-electron chi connectivity index (χ1n) is 12.3. The number of sulfonamides is 2. The van der Waals surface area contributed by atoms with Gasteiger partial charge in [-0.1, -0.05) is 60.1 Å². The highest BCUT2D eigenvalue weighted by atomic mass is 35.5. The summed E-state index contributed by atoms with van der Waals surface area (Å²) in [5.41, 5.74) is 2.05. The van der Waals surface area contributed by atoms with E-state index in [0.717, 1.165) is 16.3 Å². The molecule has 0 fully saturated rings. The molecule has 0 unspecified atom stereocenters. The number of benzene rings is 5. The van der Waals surface area contributed by atoms with Gasteiger partial charge in [0.25, 0.3) is 26.0 Å². The average Bonchev–Trinajstić information content (AvgIpc) is 2.93. The topological polar surface area (TPSA) is 121 Å². The quantitative estimate of drug-likeness (QED) is 0.183. The number of rotatable bonds is 8. The number of amides is 1. The van der Waals surface area contributed by atoms with Crippen molar-refractivity contribution in [3.63, 3.8) is 0 Å². The number of nitrogens with one attached hydrogen (secondary N) is 3. The summed E-state index contributed by atoms with van der Waals surface area (Å²) in [5, 5.41) is 4.27. The minimum absolute atomic E-state index is 0.00512. The van der Waals surface area contributed by atoms with Gasteiger partial charge in [0.1, 0.15) is 4.90 Å². The van der Waals surface area contributed by atoms with Crippen LogP contribution in [0.25, 0.3) is 10.8 Å². The zero-order valence-corrected chi connectivity index (χ0v) is 24.0. The zero-order valence-electron chi connectivity index (χ0n) is 21.6. The van der Waals surface area contributed by atoms with Gasteiger partial charge >= 0.3 is 0 Å². The molecule has 0 spiro atoms. The third kappa shape index (κ3) is 6.35. The summed E-state index contributed by atoms with van der Waals surface area (Å²) >= 11 is 6.18. The molecule has 0 heterocycles. The molecule has 5 aromatic carbocycles. The normalized spacial score (nSPS) is 11.7. The Kier molecular flexibility index (Phi) is 7.72. The van der Waals surface area contributed by atoms with Crippen molar-refractivity contribution >= 4 is 65.4 Å². The molecule has 5 aromatic rings. The lowest BCUT2D eigenvalue weighted by Crippen LogP contribution is -2.17. The molecular weight excluding hydrogens is 582 g/mol. The van der Waals surface area contributed by atoms with Crippen LogP contribution >= 0.6 is 11.6 Å². The molecule has 0 radical (unpaired) electrons. The van der Waals surface area contributed by atoms with E-state index in [9.17, 15) is 21.6 Å². The molecule has 0 bridgehead atoms. The monoisotopic (exact) mass is 605 g/mol. The molecule has 3 N–H and O–H groups in total. The molecule has 0 aliphatic rings. The van der Waals surface area contributed by atoms with Crippen LogP contribution in [-0.2, 0) is 20.0 Å². The zero-order chi connectivity index (χ0) is 29.2. The molecule has 11 heteroatoms. The SMILES string of the molecule is Cc1cccc(NS(=O)(=O)c2cc(C(=O)Nc3ccc(S(=O)(=O)Nc4cccc5ccccc45)cc3)ccc2Cl)c1. The van der Waals surface area contributed by atoms with E-state index in [1.54, 1.807) is 30.3 Å². The second-order valence-electron chi connectivity index (χ2n) is 9.23. The molecule has 0 saturated heterocycles. The highest BCUT2D eigenvalue weighted by Gasteiger charge is 2.21. The van der Waals surface area contributed by atoms with E-state index in [4.69, 9.17) is 11.6 Å². The van der Waals surface area contributed by atoms with Crippen LogP contribution in [0.1, 0.15) is 15.9 Å². The molecule has 0 aromatic heterocycles. The van der Waals surface area contributed by atoms with Crippen molar-refractivity contribution in [2.24, 2.45) is 0 Å². The molecule has 8 nitrogen and oxygen atoms in total. The minimum Gasteiger partial charge on any atom is -0.322 e. The first-order chi connectivity index (χ1) is 19.5. The van der Waals surface area contributed by atoms with Crippen LogP contribution in [0.2, 0.25) is 5.02 Å². The summed E-state index contributed by atoms with van der Waals surface area (Å²) in [4.78, 5) is 12.7. The van der Waals surface area contributed by atoms with Gasteiger partial charge in [0.2, 0.25) is 0 Å². The maximum Gasteiger partial charge on any atom is 0.263 e. The summed E-state index contributed by atoms with van der Waals surface area (Å²) in [6.07, 6.45) is 0. The van der Waals surface area contributed by atoms with E-state index >= 15 is 0 Å². The van der Waals surface area contributed by atoms with E-state index in [1.165, 1.54) is 42.5 Å². The van der Waals surface area contributed by atoms with Crippen LogP contribution in [0.15, 0.2) is 119 Å². The molecule has 0 aliphatic heterocycles. The number of aryl methyl sites for hydroxylation is 1. The predicted molar refractivity (Wildman–Crippen MR) is 163 cm³/mol. The third-order valence-corrected chi connectivity index (χ3v) is 9.45. The molecule has 5 rings (SSSR count). The van der Waals surface area contributed by atoms with E-state index in [-0.39, 0.29) is 20.4 Å². The van der Waals surface area contributed by atoms with E-state index in [2.05, 4.69) is 14.8 Å². The smallest absolute Gasteiger partial charge is 0.263 e. The van der Waals surface area contributed by atoms with Crippen molar-refractivity contribution in [3.05, 3.63) is 125 Å². The van der Waals surface area contributed by atoms with Gasteiger partial charge in [0.15, 0.2) is 0 Å². The van der Waals surface area contributed by atoms with Crippen molar-refractivity contribution in [2.75, 3.05) is 14.8 Å². The maximum atomic E-state index is 13.0. The number of halogens is 1. The molecule has 208 valence electrons. The lowest BCUT2D eigenvalue weighted by atomic mass is 10.1. The number of fused-ring (bicyclic) bond motifs is 1. The van der Waals surface area contributed by atoms with Gasteiger partial charge < -0.3 is 5.32 Å². The highest BCUT2D eigenvalue weighted by molar-refractivity contribution is 7.93. The van der Waals surface area contributed by atoms with Gasteiger partial charge in [0.05, 0.1) is 15.6 Å². The van der Waals surface area contributed by atoms with Crippen molar-refractivity contribution in [1.82, 2.24) is 0 Å². The van der Waals surface area contributed by atoms with Crippen molar-refractivity contribution < 1.29 is 21.6 Å². The largest absolute Gasteiger partial charge is 0.322 e. The standard InChI is InChI=1S/C30H24ClN3O5S2/c1-20-6-4-9-24(18-20)33-41(38,39)29-19-22(12-17-27(29)31)30(35)32-23-13-15-25(16-14-23)40(36,37)34-28-11-5-8-21-7-2-3-10-26(21)28/h2-19,33-34H,1H3,(H,32,35). The predicted octanol–water partition coefficient (Wildman–Crippen LogP) is 6.66. The van der Waals surface area contributed by atoms with Gasteiger partial charge in [-0.3, -0.25) is 14.2 Å². The number of hydrogen-bond acceptors (Lipinski definition) is 5. The molecule has 0 saturated carbocycles. The number of anilines is 3. The lowest BCUT2D eigenvalue weighted by Gasteiger charge is -2.13. The number of carbonyl (C=O) groups is 1. The minimum atomic E-state index is -4.09. The van der Waals surface area contributed by atoms with Crippen LogP contribution in [0.3, 0.4) is 0 Å². The fraction of sp³-hybridized carbons (Fsp3) is 0.0333. The second kappa shape index (κ2) is 11.2.